The van der Waals surface area contributed by atoms with Crippen LogP contribution in [0.25, 0.3) is 0 Å². The van der Waals surface area contributed by atoms with E-state index in [1.54, 1.807) is 0 Å². The number of hydrogen-bond donors (Lipinski definition) is 0. The highest BCUT2D eigenvalue weighted by atomic mass is 16.1. The molecule has 1 nitrogen and oxygen atoms in total. The first kappa shape index (κ1) is 9.38. The fourth-order valence-electron chi connectivity index (χ4n) is 3.83. The van der Waals surface area contributed by atoms with Crippen molar-refractivity contribution >= 4 is 5.78 Å². The van der Waals surface area contributed by atoms with Gasteiger partial charge in [-0.1, -0.05) is 17.7 Å². The van der Waals surface area contributed by atoms with E-state index >= 15 is 0 Å². The number of hydrogen-bond acceptors (Lipinski definition) is 1. The van der Waals surface area contributed by atoms with E-state index < -0.39 is 0 Å². The van der Waals surface area contributed by atoms with Gasteiger partial charge in [0.05, 0.1) is 0 Å². The second-order valence-electron chi connectivity index (χ2n) is 5.44. The van der Waals surface area contributed by atoms with Crippen molar-refractivity contribution < 1.29 is 4.79 Å². The molecule has 0 aromatic heterocycles. The molecule has 3 aliphatic rings. The van der Waals surface area contributed by atoms with Gasteiger partial charge in [0.25, 0.3) is 0 Å². The molecule has 0 aliphatic heterocycles. The lowest BCUT2D eigenvalue weighted by atomic mass is 9.75. The Morgan fingerprint density at radius 2 is 1.87 bits per heavy atom. The molecule has 1 atom stereocenters. The van der Waals surface area contributed by atoms with Crippen LogP contribution in [0.2, 0.25) is 0 Å². The average Bonchev–Trinajstić information content (AvgIpc) is 2.75. The Kier molecular flexibility index (Phi) is 1.92. The highest BCUT2D eigenvalue weighted by Gasteiger charge is 2.45. The predicted molar refractivity (Wildman–Crippen MR) is 60.5 cm³/mol. The molecule has 1 saturated carbocycles. The minimum Gasteiger partial charge on any atom is -0.295 e. The Bertz CT molecular complexity index is 375. The van der Waals surface area contributed by atoms with Crippen LogP contribution in [0.15, 0.2) is 23.3 Å². The van der Waals surface area contributed by atoms with Gasteiger partial charge >= 0.3 is 0 Å². The summed E-state index contributed by atoms with van der Waals surface area (Å²) < 4.78 is 0. The van der Waals surface area contributed by atoms with Crippen molar-refractivity contribution in [3.8, 4) is 0 Å². The largest absolute Gasteiger partial charge is 0.295 e. The van der Waals surface area contributed by atoms with E-state index in [0.717, 1.165) is 19.3 Å². The molecule has 80 valence electrons. The molecule has 15 heavy (non-hydrogen) atoms. The lowest BCUT2D eigenvalue weighted by molar-refractivity contribution is -0.116. The summed E-state index contributed by atoms with van der Waals surface area (Å²) in [5, 5.41) is 0. The molecule has 0 bridgehead atoms. The zero-order valence-corrected chi connectivity index (χ0v) is 9.27. The van der Waals surface area contributed by atoms with Crippen molar-refractivity contribution in [2.75, 3.05) is 0 Å². The summed E-state index contributed by atoms with van der Waals surface area (Å²) in [6.07, 6.45) is 8.97. The van der Waals surface area contributed by atoms with Crippen molar-refractivity contribution in [3.63, 3.8) is 0 Å². The molecular formula is C14H18O. The molecule has 0 saturated heterocycles. The van der Waals surface area contributed by atoms with E-state index in [4.69, 9.17) is 0 Å². The smallest absolute Gasteiger partial charge is 0.158 e. The molecule has 0 N–H and O–H groups in total. The lowest BCUT2D eigenvalue weighted by Gasteiger charge is -2.29. The van der Waals surface area contributed by atoms with Crippen molar-refractivity contribution in [2.45, 2.75) is 51.4 Å². The van der Waals surface area contributed by atoms with Gasteiger partial charge in [0.2, 0.25) is 0 Å². The quantitative estimate of drug-likeness (QED) is 0.549. The fraction of sp³-hybridized carbons (Fsp3) is 0.643. The Labute approximate surface area is 91.2 Å². The number of carbonyl (C=O) groups is 1. The van der Waals surface area contributed by atoms with Crippen molar-refractivity contribution in [2.24, 2.45) is 5.41 Å². The van der Waals surface area contributed by atoms with E-state index in [1.165, 1.54) is 48.8 Å². The van der Waals surface area contributed by atoms with Crippen LogP contribution in [0.5, 0.6) is 0 Å². The van der Waals surface area contributed by atoms with Crippen LogP contribution in [0, 0.1) is 5.41 Å². The van der Waals surface area contributed by atoms with Gasteiger partial charge in [0.1, 0.15) is 0 Å². The summed E-state index contributed by atoms with van der Waals surface area (Å²) in [6.45, 7) is 4.12. The van der Waals surface area contributed by atoms with Crippen molar-refractivity contribution in [1.29, 1.82) is 0 Å². The molecule has 0 amide bonds. The molecule has 0 heterocycles. The summed E-state index contributed by atoms with van der Waals surface area (Å²) in [5.74, 6) is 0.450. The van der Waals surface area contributed by atoms with Gasteiger partial charge in [0.15, 0.2) is 5.78 Å². The Balaban J connectivity index is 2.01. The summed E-state index contributed by atoms with van der Waals surface area (Å²) in [6, 6.07) is 0. The van der Waals surface area contributed by atoms with Crippen LogP contribution in [0.4, 0.5) is 0 Å². The number of carbonyl (C=O) groups excluding carboxylic acids is 1. The summed E-state index contributed by atoms with van der Waals surface area (Å²) >= 11 is 0. The van der Waals surface area contributed by atoms with E-state index in [0.29, 0.717) is 11.2 Å². The Morgan fingerprint density at radius 3 is 2.60 bits per heavy atom. The van der Waals surface area contributed by atoms with Crippen LogP contribution in [-0.4, -0.2) is 5.78 Å². The summed E-state index contributed by atoms with van der Waals surface area (Å²) in [7, 11) is 0. The van der Waals surface area contributed by atoms with E-state index in [1.807, 2.05) is 0 Å². The van der Waals surface area contributed by atoms with E-state index in [-0.39, 0.29) is 0 Å². The Morgan fingerprint density at radius 1 is 1.07 bits per heavy atom. The number of fused-ring (bicyclic) bond motifs is 1. The SMILES string of the molecule is C=C1CCC2(CCC3=C2CCCC3=O)C1. The average molecular weight is 202 g/mol. The molecular weight excluding hydrogens is 184 g/mol. The predicted octanol–water partition coefficient (Wildman–Crippen LogP) is 3.56. The molecule has 1 heteroatoms. The highest BCUT2D eigenvalue weighted by Crippen LogP contribution is 2.57. The zero-order valence-electron chi connectivity index (χ0n) is 9.27. The summed E-state index contributed by atoms with van der Waals surface area (Å²) in [5.41, 5.74) is 4.55. The fourth-order valence-corrected chi connectivity index (χ4v) is 3.83. The maximum absolute atomic E-state index is 11.8. The van der Waals surface area contributed by atoms with Gasteiger partial charge in [-0.3, -0.25) is 4.79 Å². The molecule has 0 radical (unpaired) electrons. The van der Waals surface area contributed by atoms with Crippen LogP contribution in [0.1, 0.15) is 51.4 Å². The van der Waals surface area contributed by atoms with Crippen LogP contribution < -0.4 is 0 Å². The highest BCUT2D eigenvalue weighted by molar-refractivity contribution is 5.97. The third-order valence-corrected chi connectivity index (χ3v) is 4.57. The number of Topliss-reactive ketones (excluding diaryl/α,β-unsaturated/α-hetero) is 1. The molecule has 3 aliphatic carbocycles. The molecule has 1 fully saturated rings. The maximum atomic E-state index is 11.8. The zero-order chi connectivity index (χ0) is 10.5. The second kappa shape index (κ2) is 3.07. The van der Waals surface area contributed by atoms with Crippen LogP contribution in [0.3, 0.4) is 0 Å². The first-order chi connectivity index (χ1) is 7.21. The van der Waals surface area contributed by atoms with Crippen LogP contribution >= 0.6 is 0 Å². The molecule has 0 aromatic rings. The second-order valence-corrected chi connectivity index (χ2v) is 5.44. The van der Waals surface area contributed by atoms with Crippen LogP contribution in [-0.2, 0) is 4.79 Å². The van der Waals surface area contributed by atoms with E-state index in [9.17, 15) is 4.79 Å². The number of allylic oxidation sites excluding steroid dienone is 3. The van der Waals surface area contributed by atoms with Crippen molar-refractivity contribution in [1.82, 2.24) is 0 Å². The van der Waals surface area contributed by atoms with Gasteiger partial charge in [-0.05, 0) is 55.9 Å². The van der Waals surface area contributed by atoms with E-state index in [2.05, 4.69) is 6.58 Å². The first-order valence-corrected chi connectivity index (χ1v) is 6.14. The minimum absolute atomic E-state index is 0.391. The standard InChI is InChI=1S/C14H18O/c1-10-5-7-14(9-10)8-6-11-12(14)3-2-4-13(11)15/h1-9H2. The first-order valence-electron chi connectivity index (χ1n) is 6.14. The molecule has 1 unspecified atom stereocenters. The number of ketones is 1. The minimum atomic E-state index is 0.391. The maximum Gasteiger partial charge on any atom is 0.158 e. The normalized spacial score (nSPS) is 35.5. The monoisotopic (exact) mass is 202 g/mol. The topological polar surface area (TPSA) is 17.1 Å². The molecule has 0 aromatic carbocycles. The molecule has 1 spiro atoms. The van der Waals surface area contributed by atoms with Gasteiger partial charge in [-0.25, -0.2) is 0 Å². The lowest BCUT2D eigenvalue weighted by Crippen LogP contribution is -2.18. The van der Waals surface area contributed by atoms with Gasteiger partial charge in [-0.15, -0.1) is 0 Å². The number of rotatable bonds is 0. The third-order valence-electron chi connectivity index (χ3n) is 4.57. The Hall–Kier alpha value is -0.850. The van der Waals surface area contributed by atoms with Gasteiger partial charge < -0.3 is 0 Å². The van der Waals surface area contributed by atoms with Crippen molar-refractivity contribution in [3.05, 3.63) is 23.3 Å². The molecule has 3 rings (SSSR count). The van der Waals surface area contributed by atoms with Gasteiger partial charge in [-0.2, -0.15) is 0 Å². The van der Waals surface area contributed by atoms with Gasteiger partial charge in [0, 0.05) is 6.42 Å². The third kappa shape index (κ3) is 1.25. The summed E-state index contributed by atoms with van der Waals surface area (Å²) in [4.78, 5) is 11.8.